The second-order valence-corrected chi connectivity index (χ2v) is 6.87. The van der Waals surface area contributed by atoms with Gasteiger partial charge in [-0.3, -0.25) is 14.6 Å². The van der Waals surface area contributed by atoms with E-state index in [9.17, 15) is 13.2 Å². The minimum absolute atomic E-state index is 0.370. The molecule has 0 spiro atoms. The van der Waals surface area contributed by atoms with Crippen LogP contribution in [0.5, 0.6) is 0 Å². The maximum absolute atomic E-state index is 12.8. The standard InChI is InChI=1S/C18H10F3N5S/c19-18(20,21)17-2-1-16(27-17)13-4-15-14(24-8-13)9-25-26(15)10-12-3-11(5-22)6-23-7-12/h1-4,6-9H,10H2. The third-order valence-electron chi connectivity index (χ3n) is 3.92. The number of nitrogens with zero attached hydrogens (tertiary/aromatic N) is 5. The van der Waals surface area contributed by atoms with E-state index < -0.39 is 11.1 Å². The van der Waals surface area contributed by atoms with Crippen LogP contribution in [0, 0.1) is 11.3 Å². The van der Waals surface area contributed by atoms with Gasteiger partial charge in [0, 0.05) is 29.0 Å². The fraction of sp³-hybridized carbons (Fsp3) is 0.111. The zero-order valence-corrected chi connectivity index (χ0v) is 14.4. The van der Waals surface area contributed by atoms with Crippen LogP contribution in [0.15, 0.2) is 49.1 Å². The summed E-state index contributed by atoms with van der Waals surface area (Å²) in [4.78, 5) is 8.16. The van der Waals surface area contributed by atoms with Gasteiger partial charge in [-0.05, 0) is 29.8 Å². The van der Waals surface area contributed by atoms with Gasteiger partial charge < -0.3 is 0 Å². The van der Waals surface area contributed by atoms with Crippen molar-refractivity contribution in [3.05, 3.63) is 65.1 Å². The van der Waals surface area contributed by atoms with Crippen molar-refractivity contribution in [1.29, 1.82) is 5.26 Å². The van der Waals surface area contributed by atoms with E-state index in [2.05, 4.69) is 15.1 Å². The molecule has 0 bridgehead atoms. The highest BCUT2D eigenvalue weighted by Gasteiger charge is 2.32. The molecule has 0 saturated heterocycles. The summed E-state index contributed by atoms with van der Waals surface area (Å²) in [7, 11) is 0. The van der Waals surface area contributed by atoms with Crippen LogP contribution in [-0.4, -0.2) is 19.7 Å². The molecule has 0 amide bonds. The molecule has 0 aliphatic carbocycles. The second-order valence-electron chi connectivity index (χ2n) is 5.79. The predicted octanol–water partition coefficient (Wildman–Crippen LogP) is 4.49. The van der Waals surface area contributed by atoms with Crippen LogP contribution in [-0.2, 0) is 12.7 Å². The number of hydrogen-bond donors (Lipinski definition) is 0. The Labute approximate surface area is 155 Å². The fourth-order valence-corrected chi connectivity index (χ4v) is 3.53. The maximum atomic E-state index is 12.8. The summed E-state index contributed by atoms with van der Waals surface area (Å²) in [5.74, 6) is 0. The first-order valence-electron chi connectivity index (χ1n) is 7.77. The molecule has 0 fully saturated rings. The lowest BCUT2D eigenvalue weighted by molar-refractivity contribution is -0.134. The molecule has 4 aromatic heterocycles. The van der Waals surface area contributed by atoms with Crippen molar-refractivity contribution in [2.24, 2.45) is 0 Å². The molecule has 0 N–H and O–H groups in total. The van der Waals surface area contributed by atoms with Gasteiger partial charge in [0.1, 0.15) is 16.5 Å². The summed E-state index contributed by atoms with van der Waals surface area (Å²) < 4.78 is 40.2. The van der Waals surface area contributed by atoms with Crippen LogP contribution in [0.2, 0.25) is 0 Å². The monoisotopic (exact) mass is 385 g/mol. The van der Waals surface area contributed by atoms with Crippen molar-refractivity contribution in [3.8, 4) is 16.5 Å². The molecular weight excluding hydrogens is 375 g/mol. The lowest BCUT2D eigenvalue weighted by atomic mass is 10.2. The molecule has 0 atom stereocenters. The zero-order chi connectivity index (χ0) is 19.0. The van der Waals surface area contributed by atoms with E-state index in [-0.39, 0.29) is 0 Å². The summed E-state index contributed by atoms with van der Waals surface area (Å²) in [5, 5.41) is 13.3. The van der Waals surface area contributed by atoms with Crippen LogP contribution in [0.4, 0.5) is 13.2 Å². The molecule has 0 unspecified atom stereocenters. The van der Waals surface area contributed by atoms with Gasteiger partial charge >= 0.3 is 6.18 Å². The van der Waals surface area contributed by atoms with Crippen LogP contribution in [0.1, 0.15) is 16.0 Å². The molecule has 27 heavy (non-hydrogen) atoms. The van der Waals surface area contributed by atoms with Crippen molar-refractivity contribution in [2.75, 3.05) is 0 Å². The largest absolute Gasteiger partial charge is 0.425 e. The summed E-state index contributed by atoms with van der Waals surface area (Å²) in [6, 6.07) is 8.03. The molecule has 0 aliphatic rings. The summed E-state index contributed by atoms with van der Waals surface area (Å²) >= 11 is 0.678. The highest BCUT2D eigenvalue weighted by molar-refractivity contribution is 7.15. The first-order valence-corrected chi connectivity index (χ1v) is 8.59. The van der Waals surface area contributed by atoms with Gasteiger partial charge in [0.15, 0.2) is 0 Å². The fourth-order valence-electron chi connectivity index (χ4n) is 2.67. The SMILES string of the molecule is N#Cc1cncc(Cn2ncc3ncc(-c4ccc(C(F)(F)F)s4)cc32)c1. The highest BCUT2D eigenvalue weighted by atomic mass is 32.1. The first kappa shape index (κ1) is 17.2. The molecular formula is C18H10F3N5S. The third kappa shape index (κ3) is 3.39. The number of thiophene rings is 1. The van der Waals surface area contributed by atoms with Crippen LogP contribution >= 0.6 is 11.3 Å². The highest BCUT2D eigenvalue weighted by Crippen LogP contribution is 2.38. The van der Waals surface area contributed by atoms with Gasteiger partial charge in [-0.1, -0.05) is 0 Å². The number of pyridine rings is 2. The molecule has 0 aromatic carbocycles. The predicted molar refractivity (Wildman–Crippen MR) is 93.9 cm³/mol. The number of fused-ring (bicyclic) bond motifs is 1. The number of hydrogen-bond acceptors (Lipinski definition) is 5. The van der Waals surface area contributed by atoms with E-state index in [1.54, 1.807) is 29.2 Å². The Morgan fingerprint density at radius 3 is 2.70 bits per heavy atom. The molecule has 9 heteroatoms. The van der Waals surface area contributed by atoms with Crippen molar-refractivity contribution in [2.45, 2.75) is 12.7 Å². The average Bonchev–Trinajstić information content (AvgIpc) is 3.29. The first-order chi connectivity index (χ1) is 12.9. The van der Waals surface area contributed by atoms with E-state index in [0.29, 0.717) is 44.9 Å². The third-order valence-corrected chi connectivity index (χ3v) is 5.10. The van der Waals surface area contributed by atoms with Crippen molar-refractivity contribution >= 4 is 22.4 Å². The van der Waals surface area contributed by atoms with Gasteiger partial charge in [-0.25, -0.2) is 0 Å². The Hall–Kier alpha value is -3.25. The van der Waals surface area contributed by atoms with Gasteiger partial charge in [0.2, 0.25) is 0 Å². The quantitative estimate of drug-likeness (QED) is 0.521. The van der Waals surface area contributed by atoms with E-state index in [1.165, 1.54) is 18.5 Å². The van der Waals surface area contributed by atoms with Gasteiger partial charge in [-0.2, -0.15) is 23.5 Å². The lowest BCUT2D eigenvalue weighted by Gasteiger charge is -2.05. The number of rotatable bonds is 3. The summed E-state index contributed by atoms with van der Waals surface area (Å²) in [6.45, 7) is 0.370. The zero-order valence-electron chi connectivity index (χ0n) is 13.6. The Morgan fingerprint density at radius 1 is 1.11 bits per heavy atom. The molecule has 0 radical (unpaired) electrons. The number of aromatic nitrogens is 4. The molecule has 0 aliphatic heterocycles. The Bertz CT molecular complexity index is 1170. The van der Waals surface area contributed by atoms with Gasteiger partial charge in [-0.15, -0.1) is 11.3 Å². The molecule has 4 heterocycles. The second kappa shape index (κ2) is 6.48. The van der Waals surface area contributed by atoms with Crippen LogP contribution < -0.4 is 0 Å². The van der Waals surface area contributed by atoms with Gasteiger partial charge in [0.25, 0.3) is 0 Å². The Morgan fingerprint density at radius 2 is 1.96 bits per heavy atom. The molecule has 5 nitrogen and oxygen atoms in total. The molecule has 134 valence electrons. The molecule has 4 aromatic rings. The summed E-state index contributed by atoms with van der Waals surface area (Å²) in [6.07, 6.45) is 1.88. The average molecular weight is 385 g/mol. The smallest absolute Gasteiger partial charge is 0.263 e. The minimum Gasteiger partial charge on any atom is -0.263 e. The van der Waals surface area contributed by atoms with Crippen molar-refractivity contribution < 1.29 is 13.2 Å². The summed E-state index contributed by atoms with van der Waals surface area (Å²) in [5.41, 5.74) is 3.15. The number of nitriles is 1. The van der Waals surface area contributed by atoms with Crippen LogP contribution in [0.25, 0.3) is 21.5 Å². The van der Waals surface area contributed by atoms with Gasteiger partial charge in [0.05, 0.1) is 23.8 Å². The van der Waals surface area contributed by atoms with E-state index in [1.807, 2.05) is 6.07 Å². The maximum Gasteiger partial charge on any atom is 0.425 e. The minimum atomic E-state index is -4.36. The van der Waals surface area contributed by atoms with Crippen LogP contribution in [0.3, 0.4) is 0 Å². The Kier molecular flexibility index (Phi) is 4.12. The van der Waals surface area contributed by atoms with E-state index in [4.69, 9.17) is 5.26 Å². The number of halogens is 3. The van der Waals surface area contributed by atoms with Crippen molar-refractivity contribution in [1.82, 2.24) is 19.7 Å². The van der Waals surface area contributed by atoms with E-state index in [0.717, 1.165) is 11.6 Å². The lowest BCUT2D eigenvalue weighted by Crippen LogP contribution is -2.02. The molecule has 4 rings (SSSR count). The normalized spacial score (nSPS) is 11.6. The Balaban J connectivity index is 1.71. The molecule has 0 saturated carbocycles. The van der Waals surface area contributed by atoms with Crippen molar-refractivity contribution in [3.63, 3.8) is 0 Å². The number of alkyl halides is 3. The van der Waals surface area contributed by atoms with E-state index >= 15 is 0 Å². The topological polar surface area (TPSA) is 67.4 Å².